The molecule has 0 radical (unpaired) electrons. The Bertz CT molecular complexity index is 1520. The summed E-state index contributed by atoms with van der Waals surface area (Å²) in [6.07, 6.45) is 2.59. The first-order valence-electron chi connectivity index (χ1n) is 12.1. The van der Waals surface area contributed by atoms with Crippen molar-refractivity contribution in [2.75, 3.05) is 34.0 Å². The number of thiazole rings is 1. The van der Waals surface area contributed by atoms with Crippen LogP contribution in [0, 0.1) is 0 Å². The van der Waals surface area contributed by atoms with Crippen LogP contribution in [-0.4, -0.2) is 44.6 Å². The molecule has 2 heterocycles. The van der Waals surface area contributed by atoms with Crippen molar-refractivity contribution in [2.45, 2.75) is 26.3 Å². The Hall–Kier alpha value is -3.21. The maximum Gasteiger partial charge on any atom is 0.338 e. The van der Waals surface area contributed by atoms with Gasteiger partial charge < -0.3 is 18.9 Å². The number of hydrogen-bond acceptors (Lipinski definition) is 8. The number of carbonyl (C=O) groups excluding carboxylic acids is 1. The molecule has 0 fully saturated rings. The highest BCUT2D eigenvalue weighted by Crippen LogP contribution is 2.40. The van der Waals surface area contributed by atoms with Crippen molar-refractivity contribution in [3.8, 4) is 11.5 Å². The lowest BCUT2D eigenvalue weighted by Crippen LogP contribution is -2.40. The Labute approximate surface area is 233 Å². The summed E-state index contributed by atoms with van der Waals surface area (Å²) in [7, 11) is 3.09. The van der Waals surface area contributed by atoms with E-state index in [2.05, 4.69) is 20.9 Å². The number of ether oxygens (including phenoxy) is 4. The summed E-state index contributed by atoms with van der Waals surface area (Å²) in [6, 6.07) is 12.3. The summed E-state index contributed by atoms with van der Waals surface area (Å²) >= 11 is 4.71. The van der Waals surface area contributed by atoms with Gasteiger partial charge in [0.25, 0.3) is 5.56 Å². The minimum atomic E-state index is -0.824. The predicted octanol–water partition coefficient (Wildman–Crippen LogP) is 3.98. The topological polar surface area (TPSA) is 88.4 Å². The van der Waals surface area contributed by atoms with Gasteiger partial charge in [0.2, 0.25) is 0 Å². The Morgan fingerprint density at radius 1 is 1.13 bits per heavy atom. The normalized spacial score (nSPS) is 15.2. The zero-order valence-corrected chi connectivity index (χ0v) is 24.1. The minimum Gasteiger partial charge on any atom is -0.493 e. The van der Waals surface area contributed by atoms with Gasteiger partial charge in [0.1, 0.15) is 12.6 Å². The van der Waals surface area contributed by atoms with Gasteiger partial charge in [-0.05, 0) is 43.2 Å². The molecule has 0 amide bonds. The predicted molar refractivity (Wildman–Crippen MR) is 150 cm³/mol. The third-order valence-corrected chi connectivity index (χ3v) is 7.42. The maximum atomic E-state index is 13.9. The number of methoxy groups -OCH3 is 2. The first kappa shape index (κ1) is 27.8. The molecule has 0 unspecified atom stereocenters. The average Bonchev–Trinajstić information content (AvgIpc) is 3.21. The molecule has 1 aliphatic heterocycles. The lowest BCUT2D eigenvalue weighted by Gasteiger charge is -2.27. The van der Waals surface area contributed by atoms with Gasteiger partial charge in [-0.25, -0.2) is 9.79 Å². The molecule has 0 saturated heterocycles. The molecule has 0 spiro atoms. The summed E-state index contributed by atoms with van der Waals surface area (Å²) in [6.45, 7) is 4.51. The van der Waals surface area contributed by atoms with E-state index in [0.29, 0.717) is 38.7 Å². The highest BCUT2D eigenvalue weighted by Gasteiger charge is 2.36. The molecule has 1 aliphatic rings. The molecule has 1 atom stereocenters. The molecule has 0 aliphatic carbocycles. The molecule has 200 valence electrons. The second kappa shape index (κ2) is 12.6. The van der Waals surface area contributed by atoms with Crippen LogP contribution in [0.2, 0.25) is 0 Å². The van der Waals surface area contributed by atoms with Crippen LogP contribution in [-0.2, 0) is 14.3 Å². The van der Waals surface area contributed by atoms with Crippen LogP contribution in [0.5, 0.6) is 11.5 Å². The van der Waals surface area contributed by atoms with E-state index in [0.717, 1.165) is 16.5 Å². The first-order chi connectivity index (χ1) is 18.4. The molecule has 8 nitrogen and oxygen atoms in total. The van der Waals surface area contributed by atoms with Gasteiger partial charge in [0.05, 0.1) is 36.1 Å². The van der Waals surface area contributed by atoms with Gasteiger partial charge in [0.15, 0.2) is 16.3 Å². The fourth-order valence-corrected chi connectivity index (χ4v) is 5.46. The van der Waals surface area contributed by atoms with Gasteiger partial charge in [-0.3, -0.25) is 9.36 Å². The monoisotopic (exact) mass is 600 g/mol. The van der Waals surface area contributed by atoms with Crippen LogP contribution in [0.15, 0.2) is 68.0 Å². The fraction of sp³-hybridized carbons (Fsp3) is 0.321. The Kier molecular flexibility index (Phi) is 9.19. The van der Waals surface area contributed by atoms with Crippen LogP contribution in [0.3, 0.4) is 0 Å². The lowest BCUT2D eigenvalue weighted by molar-refractivity contribution is -0.140. The number of esters is 1. The molecule has 4 rings (SSSR count). The Morgan fingerprint density at radius 2 is 1.89 bits per heavy atom. The van der Waals surface area contributed by atoms with Crippen LogP contribution >= 0.6 is 27.3 Å². The fourth-order valence-electron chi connectivity index (χ4n) is 4.15. The van der Waals surface area contributed by atoms with E-state index in [1.165, 1.54) is 18.4 Å². The van der Waals surface area contributed by atoms with Crippen molar-refractivity contribution >= 4 is 39.3 Å². The summed E-state index contributed by atoms with van der Waals surface area (Å²) in [5.41, 5.74) is 1.96. The van der Waals surface area contributed by atoms with E-state index in [4.69, 9.17) is 18.9 Å². The first-order valence-corrected chi connectivity index (χ1v) is 13.7. The molecule has 0 N–H and O–H groups in total. The highest BCUT2D eigenvalue weighted by atomic mass is 79.9. The summed E-state index contributed by atoms with van der Waals surface area (Å²) < 4.78 is 25.3. The van der Waals surface area contributed by atoms with E-state index in [9.17, 15) is 9.59 Å². The Morgan fingerprint density at radius 3 is 2.58 bits per heavy atom. The largest absolute Gasteiger partial charge is 0.493 e. The van der Waals surface area contributed by atoms with Gasteiger partial charge in [-0.15, -0.1) is 0 Å². The number of hydrogen-bond donors (Lipinski definition) is 0. The molecule has 3 aromatic rings. The Balaban J connectivity index is 1.95. The van der Waals surface area contributed by atoms with E-state index in [1.807, 2.05) is 49.4 Å². The molecule has 10 heteroatoms. The van der Waals surface area contributed by atoms with Crippen LogP contribution in [0.25, 0.3) is 6.08 Å². The zero-order valence-electron chi connectivity index (χ0n) is 21.7. The van der Waals surface area contributed by atoms with Crippen molar-refractivity contribution in [2.24, 2.45) is 4.99 Å². The number of halogens is 1. The maximum absolute atomic E-state index is 13.9. The smallest absolute Gasteiger partial charge is 0.338 e. The van der Waals surface area contributed by atoms with E-state index < -0.39 is 12.0 Å². The molecule has 0 bridgehead atoms. The van der Waals surface area contributed by atoms with Crippen molar-refractivity contribution in [3.63, 3.8) is 0 Å². The van der Waals surface area contributed by atoms with Crippen LogP contribution in [0.4, 0.5) is 0 Å². The lowest BCUT2D eigenvalue weighted by atomic mass is 9.94. The van der Waals surface area contributed by atoms with Gasteiger partial charge in [-0.2, -0.15) is 0 Å². The SMILES string of the molecule is CCCOc1c(OC)cccc1[C@@H]1C(C(=O)OCCOC)=C(C)N=c2s/c(=C/c3ccc(Br)cc3)c(=O)n21. The molecular weight excluding hydrogens is 572 g/mol. The van der Waals surface area contributed by atoms with Gasteiger partial charge >= 0.3 is 5.97 Å². The second-order valence-corrected chi connectivity index (χ2v) is 10.4. The number of para-hydroxylation sites is 1. The number of aromatic nitrogens is 1. The average molecular weight is 602 g/mol. The highest BCUT2D eigenvalue weighted by molar-refractivity contribution is 9.10. The molecule has 38 heavy (non-hydrogen) atoms. The number of carbonyl (C=O) groups is 1. The van der Waals surface area contributed by atoms with Gasteiger partial charge in [0, 0.05) is 17.1 Å². The third kappa shape index (κ3) is 5.77. The standard InChI is InChI=1S/C28H29BrN2O6S/c1-5-13-36-25-20(7-6-8-21(25)35-4)24-23(27(33)37-15-14-34-3)17(2)30-28-31(24)26(32)22(38-28)16-18-9-11-19(29)12-10-18/h6-12,16,24H,5,13-15H2,1-4H3/b22-16+/t24-/m1/s1. The minimum absolute atomic E-state index is 0.0735. The van der Waals surface area contributed by atoms with Crippen molar-refractivity contribution < 1.29 is 23.7 Å². The third-order valence-electron chi connectivity index (χ3n) is 5.90. The van der Waals surface area contributed by atoms with Crippen LogP contribution in [0.1, 0.15) is 37.4 Å². The van der Waals surface area contributed by atoms with E-state index >= 15 is 0 Å². The summed E-state index contributed by atoms with van der Waals surface area (Å²) in [4.78, 5) is 32.4. The molecule has 0 saturated carbocycles. The van der Waals surface area contributed by atoms with Crippen molar-refractivity contribution in [1.82, 2.24) is 4.57 Å². The number of rotatable bonds is 10. The zero-order chi connectivity index (χ0) is 27.2. The summed E-state index contributed by atoms with van der Waals surface area (Å²) in [5.74, 6) is 0.413. The van der Waals surface area contributed by atoms with Gasteiger partial charge in [-0.1, -0.05) is 58.5 Å². The number of fused-ring (bicyclic) bond motifs is 1. The van der Waals surface area contributed by atoms with Crippen LogP contribution < -0.4 is 24.4 Å². The van der Waals surface area contributed by atoms with E-state index in [-0.39, 0.29) is 24.3 Å². The molecule has 1 aromatic heterocycles. The number of nitrogens with zero attached hydrogens (tertiary/aromatic N) is 2. The van der Waals surface area contributed by atoms with Crippen molar-refractivity contribution in [3.05, 3.63) is 89.0 Å². The van der Waals surface area contributed by atoms with E-state index in [1.54, 1.807) is 24.7 Å². The second-order valence-electron chi connectivity index (χ2n) is 8.49. The summed E-state index contributed by atoms with van der Waals surface area (Å²) in [5, 5.41) is 0. The molecule has 2 aromatic carbocycles. The number of benzene rings is 2. The quantitative estimate of drug-likeness (QED) is 0.258. The number of allylic oxidation sites excluding steroid dienone is 1. The van der Waals surface area contributed by atoms with Crippen molar-refractivity contribution in [1.29, 1.82) is 0 Å². The molecular formula is C28H29BrN2O6S.